The predicted molar refractivity (Wildman–Crippen MR) is 68.0 cm³/mol. The first-order valence-corrected chi connectivity index (χ1v) is 5.91. The second-order valence-corrected chi connectivity index (χ2v) is 4.05. The molecule has 1 aromatic rings. The van der Waals surface area contributed by atoms with Gasteiger partial charge in [-0.25, -0.2) is 0 Å². The normalized spacial score (nSPS) is 9.94. The maximum atomic E-state index is 11.7. The average Bonchev–Trinajstić information content (AvgIpc) is 2.29. The van der Waals surface area contributed by atoms with Gasteiger partial charge in [-0.15, -0.1) is 0 Å². The van der Waals surface area contributed by atoms with Gasteiger partial charge in [-0.1, -0.05) is 30.3 Å². The first-order valence-electron chi connectivity index (χ1n) is 5.28. The van der Waals surface area contributed by atoms with Crippen LogP contribution in [0, 0.1) is 0 Å². The number of benzene rings is 1. The number of hydrogen-bond donors (Lipinski definition) is 2. The Kier molecular flexibility index (Phi) is 5.56. The van der Waals surface area contributed by atoms with Crippen molar-refractivity contribution in [3.05, 3.63) is 35.9 Å². The Morgan fingerprint density at radius 3 is 2.41 bits per heavy atom. The Morgan fingerprint density at radius 2 is 1.88 bits per heavy atom. The first kappa shape index (κ1) is 13.6. The van der Waals surface area contributed by atoms with E-state index in [0.717, 1.165) is 5.56 Å². The summed E-state index contributed by atoms with van der Waals surface area (Å²) in [5.41, 5.74) is 0.918. The van der Waals surface area contributed by atoms with Crippen molar-refractivity contribution in [1.82, 2.24) is 4.90 Å². The van der Waals surface area contributed by atoms with Crippen LogP contribution < -0.4 is 0 Å². The molecular formula is C12H15NO3S. The lowest BCUT2D eigenvalue weighted by molar-refractivity contribution is -0.144. The minimum absolute atomic E-state index is 0.189. The Morgan fingerprint density at radius 1 is 1.24 bits per heavy atom. The summed E-state index contributed by atoms with van der Waals surface area (Å²) in [4.78, 5) is 23.7. The maximum Gasteiger partial charge on any atom is 0.323 e. The number of carboxylic acids is 1. The smallest absolute Gasteiger partial charge is 0.323 e. The summed E-state index contributed by atoms with van der Waals surface area (Å²) in [7, 11) is 0. The molecule has 0 fully saturated rings. The zero-order valence-corrected chi connectivity index (χ0v) is 10.3. The topological polar surface area (TPSA) is 57.6 Å². The Bertz CT molecular complexity index is 381. The third kappa shape index (κ3) is 4.91. The molecule has 0 saturated carbocycles. The van der Waals surface area contributed by atoms with Gasteiger partial charge in [-0.3, -0.25) is 9.59 Å². The molecule has 0 aliphatic carbocycles. The molecule has 17 heavy (non-hydrogen) atoms. The lowest BCUT2D eigenvalue weighted by atomic mass is 10.2. The van der Waals surface area contributed by atoms with Crippen molar-refractivity contribution >= 4 is 24.5 Å². The number of carboxylic acid groups (broad SMARTS) is 1. The molecule has 4 nitrogen and oxygen atoms in total. The lowest BCUT2D eigenvalue weighted by Crippen LogP contribution is -2.35. The van der Waals surface area contributed by atoms with Crippen LogP contribution in [-0.2, 0) is 16.1 Å². The summed E-state index contributed by atoms with van der Waals surface area (Å²) in [6.45, 7) is 0.0429. The number of aliphatic carboxylic acids is 1. The van der Waals surface area contributed by atoms with Crippen molar-refractivity contribution in [1.29, 1.82) is 0 Å². The van der Waals surface area contributed by atoms with Crippen LogP contribution >= 0.6 is 12.6 Å². The van der Waals surface area contributed by atoms with E-state index in [4.69, 9.17) is 5.11 Å². The van der Waals surface area contributed by atoms with E-state index in [-0.39, 0.29) is 18.9 Å². The number of rotatable bonds is 6. The number of hydrogen-bond acceptors (Lipinski definition) is 3. The van der Waals surface area contributed by atoms with Crippen LogP contribution in [0.25, 0.3) is 0 Å². The second kappa shape index (κ2) is 6.96. The third-order valence-electron chi connectivity index (χ3n) is 2.22. The van der Waals surface area contributed by atoms with Gasteiger partial charge in [-0.2, -0.15) is 12.6 Å². The predicted octanol–water partition coefficient (Wildman–Crippen LogP) is 1.42. The van der Waals surface area contributed by atoms with Crippen LogP contribution in [0.3, 0.4) is 0 Å². The molecule has 1 aromatic carbocycles. The van der Waals surface area contributed by atoms with Gasteiger partial charge >= 0.3 is 5.97 Å². The van der Waals surface area contributed by atoms with Crippen molar-refractivity contribution in [2.24, 2.45) is 0 Å². The molecule has 1 amide bonds. The van der Waals surface area contributed by atoms with Crippen molar-refractivity contribution in [3.63, 3.8) is 0 Å². The van der Waals surface area contributed by atoms with Crippen molar-refractivity contribution in [2.75, 3.05) is 12.3 Å². The lowest BCUT2D eigenvalue weighted by Gasteiger charge is -2.20. The summed E-state index contributed by atoms with van der Waals surface area (Å²) in [5.74, 6) is -0.774. The molecule has 0 atom stereocenters. The minimum Gasteiger partial charge on any atom is -0.480 e. The molecule has 0 radical (unpaired) electrons. The van der Waals surface area contributed by atoms with E-state index in [1.807, 2.05) is 30.3 Å². The highest BCUT2D eigenvalue weighted by molar-refractivity contribution is 7.80. The maximum absolute atomic E-state index is 11.7. The number of amides is 1. The van der Waals surface area contributed by atoms with Crippen LogP contribution in [0.5, 0.6) is 0 Å². The molecule has 0 unspecified atom stereocenters. The van der Waals surface area contributed by atoms with Gasteiger partial charge in [0.2, 0.25) is 5.91 Å². The van der Waals surface area contributed by atoms with E-state index in [0.29, 0.717) is 12.3 Å². The van der Waals surface area contributed by atoms with E-state index in [1.54, 1.807) is 0 Å². The Labute approximate surface area is 106 Å². The second-order valence-electron chi connectivity index (χ2n) is 3.60. The third-order valence-corrected chi connectivity index (χ3v) is 2.44. The molecule has 0 aliphatic rings. The molecule has 0 saturated heterocycles. The highest BCUT2D eigenvalue weighted by Crippen LogP contribution is 2.06. The molecule has 1 rings (SSSR count). The molecule has 92 valence electrons. The number of carbonyl (C=O) groups is 2. The van der Waals surface area contributed by atoms with E-state index in [9.17, 15) is 9.59 Å². The van der Waals surface area contributed by atoms with Gasteiger partial charge in [0.25, 0.3) is 0 Å². The van der Waals surface area contributed by atoms with E-state index < -0.39 is 5.97 Å². The zero-order chi connectivity index (χ0) is 12.7. The van der Waals surface area contributed by atoms with Gasteiger partial charge in [0.05, 0.1) is 0 Å². The zero-order valence-electron chi connectivity index (χ0n) is 9.37. The Hall–Kier alpha value is -1.49. The summed E-state index contributed by atoms with van der Waals surface area (Å²) >= 11 is 3.98. The molecule has 5 heteroatoms. The fourth-order valence-corrected chi connectivity index (χ4v) is 1.64. The highest BCUT2D eigenvalue weighted by atomic mass is 32.1. The van der Waals surface area contributed by atoms with Crippen molar-refractivity contribution in [2.45, 2.75) is 13.0 Å². The van der Waals surface area contributed by atoms with Gasteiger partial charge in [0, 0.05) is 13.0 Å². The minimum atomic E-state index is -1.01. The van der Waals surface area contributed by atoms with Gasteiger partial charge in [0.1, 0.15) is 6.54 Å². The van der Waals surface area contributed by atoms with E-state index >= 15 is 0 Å². The SMILES string of the molecule is O=C(O)CN(Cc1ccccc1)C(=O)CCS. The Balaban J connectivity index is 2.70. The van der Waals surface area contributed by atoms with Gasteiger partial charge in [-0.05, 0) is 11.3 Å². The van der Waals surface area contributed by atoms with Crippen molar-refractivity contribution < 1.29 is 14.7 Å². The number of nitrogens with zero attached hydrogens (tertiary/aromatic N) is 1. The largest absolute Gasteiger partial charge is 0.480 e. The summed E-state index contributed by atoms with van der Waals surface area (Å²) in [6.07, 6.45) is 0.253. The van der Waals surface area contributed by atoms with Crippen LogP contribution in [0.1, 0.15) is 12.0 Å². The quantitative estimate of drug-likeness (QED) is 0.754. The molecule has 0 heterocycles. The monoisotopic (exact) mass is 253 g/mol. The van der Waals surface area contributed by atoms with Crippen LogP contribution in [0.2, 0.25) is 0 Å². The molecule has 0 aromatic heterocycles. The van der Waals surface area contributed by atoms with Crippen LogP contribution in [0.15, 0.2) is 30.3 Å². The standard InChI is InChI=1S/C12H15NO3S/c14-11(6-7-17)13(9-12(15)16)8-10-4-2-1-3-5-10/h1-5,17H,6-9H2,(H,15,16). The average molecular weight is 253 g/mol. The summed E-state index contributed by atoms with van der Waals surface area (Å²) in [6, 6.07) is 9.32. The summed E-state index contributed by atoms with van der Waals surface area (Å²) < 4.78 is 0. The highest BCUT2D eigenvalue weighted by Gasteiger charge is 2.16. The fraction of sp³-hybridized carbons (Fsp3) is 0.333. The van der Waals surface area contributed by atoms with E-state index in [2.05, 4.69) is 12.6 Å². The number of thiol groups is 1. The van der Waals surface area contributed by atoms with Crippen LogP contribution in [0.4, 0.5) is 0 Å². The fourth-order valence-electron chi connectivity index (χ4n) is 1.45. The molecule has 0 aliphatic heterocycles. The van der Waals surface area contributed by atoms with Crippen molar-refractivity contribution in [3.8, 4) is 0 Å². The molecule has 1 N–H and O–H groups in total. The first-order chi connectivity index (χ1) is 8.13. The number of carbonyl (C=O) groups excluding carboxylic acids is 1. The summed E-state index contributed by atoms with van der Waals surface area (Å²) in [5, 5.41) is 8.77. The van der Waals surface area contributed by atoms with Crippen LogP contribution in [-0.4, -0.2) is 34.2 Å². The van der Waals surface area contributed by atoms with Gasteiger partial charge in [0.15, 0.2) is 0 Å². The molecular weight excluding hydrogens is 238 g/mol. The van der Waals surface area contributed by atoms with E-state index in [1.165, 1.54) is 4.90 Å². The molecule has 0 bridgehead atoms. The van der Waals surface area contributed by atoms with Gasteiger partial charge < -0.3 is 10.0 Å². The molecule has 0 spiro atoms.